The van der Waals surface area contributed by atoms with Gasteiger partial charge in [0.1, 0.15) is 11.8 Å². The number of nitrogens with zero attached hydrogens (tertiary/aromatic N) is 1. The van der Waals surface area contributed by atoms with Gasteiger partial charge in [-0.05, 0) is 48.8 Å². The number of hydrogen-bond donors (Lipinski definition) is 3. The van der Waals surface area contributed by atoms with Gasteiger partial charge in [-0.3, -0.25) is 9.59 Å². The Morgan fingerprint density at radius 1 is 1.13 bits per heavy atom. The maximum atomic E-state index is 13.7. The number of amides is 2. The number of methoxy groups -OCH3 is 1. The smallest absolute Gasteiger partial charge is 0.243 e. The number of ether oxygens (including phenoxy) is 2. The molecule has 0 bridgehead atoms. The molecule has 0 radical (unpaired) electrons. The number of nitrogens with one attached hydrogen (secondary N) is 3. The van der Waals surface area contributed by atoms with E-state index in [-0.39, 0.29) is 29.9 Å². The lowest BCUT2D eigenvalue weighted by atomic mass is 9.70. The summed E-state index contributed by atoms with van der Waals surface area (Å²) in [7, 11) is 1.66. The first-order valence-corrected chi connectivity index (χ1v) is 15.4. The minimum atomic E-state index is -0.342. The monoisotopic (exact) mass is 540 g/mol. The molecular weight excluding hydrogens is 492 g/mol. The van der Waals surface area contributed by atoms with E-state index in [4.69, 9.17) is 9.47 Å². The lowest BCUT2D eigenvalue weighted by molar-refractivity contribution is -0.135. The number of morpholine rings is 1. The van der Waals surface area contributed by atoms with Gasteiger partial charge in [0.2, 0.25) is 11.8 Å². The first-order chi connectivity index (χ1) is 19.0. The van der Waals surface area contributed by atoms with Crippen LogP contribution >= 0.6 is 0 Å². The molecule has 8 nitrogen and oxygen atoms in total. The number of piperidine rings is 1. The van der Waals surface area contributed by atoms with Gasteiger partial charge in [-0.1, -0.05) is 57.6 Å². The molecule has 0 aromatic heterocycles. The number of carbonyl (C=O) groups excluding carboxylic acids is 2. The zero-order valence-electron chi connectivity index (χ0n) is 23.9. The van der Waals surface area contributed by atoms with Crippen LogP contribution in [-0.4, -0.2) is 74.8 Å². The lowest BCUT2D eigenvalue weighted by Crippen LogP contribution is -2.59. The summed E-state index contributed by atoms with van der Waals surface area (Å²) in [6.07, 6.45) is 11.0. The maximum Gasteiger partial charge on any atom is 0.243 e. The minimum Gasteiger partial charge on any atom is -0.495 e. The number of para-hydroxylation sites is 1. The van der Waals surface area contributed by atoms with Crippen LogP contribution in [0.1, 0.15) is 70.3 Å². The number of hydrogen-bond acceptors (Lipinski definition) is 6. The van der Waals surface area contributed by atoms with E-state index in [0.717, 1.165) is 29.5 Å². The van der Waals surface area contributed by atoms with Gasteiger partial charge in [-0.2, -0.15) is 0 Å². The van der Waals surface area contributed by atoms with E-state index in [0.29, 0.717) is 57.4 Å². The fourth-order valence-corrected chi connectivity index (χ4v) is 7.60. The standard InChI is InChI=1S/C31H48N4O4/c1-21-24(22-8-5-3-4-6-9-22)14-15-32-29(21)25(12-13-28(36)35-16-18-39-19-17-35)34-31(37)26-20-23-10-7-11-27(38-2)30(23)33-26/h7,10-11,21-22,24-26,29,32-33H,3-6,8-9,12-20H2,1-2H3,(H,34,37). The van der Waals surface area contributed by atoms with Crippen molar-refractivity contribution in [3.63, 3.8) is 0 Å². The van der Waals surface area contributed by atoms with Crippen LogP contribution in [0.25, 0.3) is 0 Å². The predicted octanol–water partition coefficient (Wildman–Crippen LogP) is 3.74. The predicted molar refractivity (Wildman–Crippen MR) is 153 cm³/mol. The molecule has 0 spiro atoms. The highest BCUT2D eigenvalue weighted by molar-refractivity contribution is 5.88. The number of anilines is 1. The molecule has 8 heteroatoms. The molecule has 1 saturated carbocycles. The minimum absolute atomic E-state index is 0.00247. The number of fused-ring (bicyclic) bond motifs is 1. The Hall–Kier alpha value is -2.32. The summed E-state index contributed by atoms with van der Waals surface area (Å²) in [4.78, 5) is 28.7. The van der Waals surface area contributed by atoms with Crippen LogP contribution in [0, 0.1) is 17.8 Å². The summed E-state index contributed by atoms with van der Waals surface area (Å²) < 4.78 is 11.0. The van der Waals surface area contributed by atoms with Crippen molar-refractivity contribution in [2.75, 3.05) is 45.3 Å². The van der Waals surface area contributed by atoms with Crippen LogP contribution in [-0.2, 0) is 20.7 Å². The van der Waals surface area contributed by atoms with Crippen molar-refractivity contribution in [3.05, 3.63) is 23.8 Å². The summed E-state index contributed by atoms with van der Waals surface area (Å²) in [6, 6.07) is 5.67. The SMILES string of the molecule is COc1cccc2c1NC(C(=O)NC(CCC(=O)N1CCOCC1)C1NCCC(C3CCCCCC3)C1C)C2. The van der Waals surface area contributed by atoms with Crippen LogP contribution in [0.4, 0.5) is 5.69 Å². The molecule has 1 aliphatic carbocycles. The van der Waals surface area contributed by atoms with Gasteiger partial charge in [0.15, 0.2) is 0 Å². The van der Waals surface area contributed by atoms with Crippen molar-refractivity contribution in [2.24, 2.45) is 17.8 Å². The molecule has 3 fully saturated rings. The average molecular weight is 541 g/mol. The summed E-state index contributed by atoms with van der Waals surface area (Å²) >= 11 is 0. The van der Waals surface area contributed by atoms with Crippen LogP contribution in [0.3, 0.4) is 0 Å². The fourth-order valence-electron chi connectivity index (χ4n) is 7.60. The largest absolute Gasteiger partial charge is 0.495 e. The number of rotatable bonds is 8. The molecule has 3 N–H and O–H groups in total. The first kappa shape index (κ1) is 28.2. The Kier molecular flexibility index (Phi) is 9.66. The quantitative estimate of drug-likeness (QED) is 0.435. The molecule has 1 aromatic rings. The van der Waals surface area contributed by atoms with E-state index in [2.05, 4.69) is 28.9 Å². The second-order valence-electron chi connectivity index (χ2n) is 12.1. The van der Waals surface area contributed by atoms with E-state index in [9.17, 15) is 9.59 Å². The zero-order chi connectivity index (χ0) is 27.2. The number of carbonyl (C=O) groups is 2. The molecule has 5 unspecified atom stereocenters. The molecule has 39 heavy (non-hydrogen) atoms. The highest BCUT2D eigenvalue weighted by Gasteiger charge is 2.40. The van der Waals surface area contributed by atoms with Gasteiger partial charge in [-0.25, -0.2) is 0 Å². The molecule has 3 heterocycles. The fraction of sp³-hybridized carbons (Fsp3) is 0.742. The lowest BCUT2D eigenvalue weighted by Gasteiger charge is -2.44. The van der Waals surface area contributed by atoms with E-state index in [1.165, 1.54) is 44.9 Å². The normalized spacial score (nSPS) is 28.6. The number of benzene rings is 1. The van der Waals surface area contributed by atoms with E-state index >= 15 is 0 Å². The zero-order valence-corrected chi connectivity index (χ0v) is 23.9. The molecule has 4 aliphatic rings. The van der Waals surface area contributed by atoms with Crippen LogP contribution in [0.2, 0.25) is 0 Å². The topological polar surface area (TPSA) is 91.9 Å². The first-order valence-electron chi connectivity index (χ1n) is 15.4. The van der Waals surface area contributed by atoms with Crippen molar-refractivity contribution in [2.45, 2.75) is 89.3 Å². The molecule has 2 amide bonds. The second-order valence-corrected chi connectivity index (χ2v) is 12.1. The summed E-state index contributed by atoms with van der Waals surface area (Å²) in [6.45, 7) is 5.88. The van der Waals surface area contributed by atoms with E-state index < -0.39 is 0 Å². The summed E-state index contributed by atoms with van der Waals surface area (Å²) in [5.74, 6) is 2.82. The Balaban J connectivity index is 1.29. The molecule has 216 valence electrons. The van der Waals surface area contributed by atoms with Crippen molar-refractivity contribution in [1.29, 1.82) is 0 Å². The Morgan fingerprint density at radius 3 is 2.64 bits per heavy atom. The highest BCUT2D eigenvalue weighted by atomic mass is 16.5. The average Bonchev–Trinajstić information content (AvgIpc) is 3.23. The van der Waals surface area contributed by atoms with Gasteiger partial charge >= 0.3 is 0 Å². The van der Waals surface area contributed by atoms with Gasteiger partial charge < -0.3 is 30.3 Å². The van der Waals surface area contributed by atoms with Gasteiger partial charge in [-0.15, -0.1) is 0 Å². The molecular formula is C31H48N4O4. The van der Waals surface area contributed by atoms with Crippen LogP contribution in [0.5, 0.6) is 5.75 Å². The van der Waals surface area contributed by atoms with Crippen molar-refractivity contribution in [1.82, 2.24) is 15.5 Å². The molecule has 2 saturated heterocycles. The van der Waals surface area contributed by atoms with Crippen molar-refractivity contribution < 1.29 is 19.1 Å². The Bertz CT molecular complexity index is 973. The van der Waals surface area contributed by atoms with Crippen molar-refractivity contribution >= 4 is 17.5 Å². The summed E-state index contributed by atoms with van der Waals surface area (Å²) in [5, 5.41) is 10.6. The van der Waals surface area contributed by atoms with Crippen molar-refractivity contribution in [3.8, 4) is 5.75 Å². The molecule has 5 atom stereocenters. The Morgan fingerprint density at radius 2 is 1.90 bits per heavy atom. The highest BCUT2D eigenvalue weighted by Crippen LogP contribution is 2.39. The van der Waals surface area contributed by atoms with Gasteiger partial charge in [0.25, 0.3) is 0 Å². The third-order valence-electron chi connectivity index (χ3n) is 9.79. The van der Waals surface area contributed by atoms with E-state index in [1.807, 2.05) is 17.0 Å². The Labute approximate surface area is 233 Å². The van der Waals surface area contributed by atoms with Crippen LogP contribution < -0.4 is 20.7 Å². The maximum absolute atomic E-state index is 13.7. The third kappa shape index (κ3) is 6.71. The molecule has 1 aromatic carbocycles. The van der Waals surface area contributed by atoms with E-state index in [1.54, 1.807) is 7.11 Å². The third-order valence-corrected chi connectivity index (χ3v) is 9.79. The summed E-state index contributed by atoms with van der Waals surface area (Å²) in [5.41, 5.74) is 2.02. The molecule has 5 rings (SSSR count). The molecule has 3 aliphatic heterocycles. The van der Waals surface area contributed by atoms with Crippen LogP contribution in [0.15, 0.2) is 18.2 Å². The van der Waals surface area contributed by atoms with Gasteiger partial charge in [0.05, 0.1) is 26.0 Å². The second kappa shape index (κ2) is 13.4. The van der Waals surface area contributed by atoms with Gasteiger partial charge in [0, 0.05) is 38.0 Å².